The minimum atomic E-state index is -3.47. The van der Waals surface area contributed by atoms with Gasteiger partial charge in [-0.2, -0.15) is 17.4 Å². The summed E-state index contributed by atoms with van der Waals surface area (Å²) in [5, 5.41) is 6.97. The second kappa shape index (κ2) is 4.91. The lowest BCUT2D eigenvalue weighted by Gasteiger charge is -2.32. The lowest BCUT2D eigenvalue weighted by molar-refractivity contribution is 0.266. The van der Waals surface area contributed by atoms with E-state index in [4.69, 9.17) is 11.1 Å². The minimum Gasteiger partial charge on any atom is -0.387 e. The summed E-state index contributed by atoms with van der Waals surface area (Å²) in [4.78, 5) is 0. The normalized spacial score (nSPS) is 23.9. The Morgan fingerprint density at radius 3 is 2.80 bits per heavy atom. The highest BCUT2D eigenvalue weighted by Gasteiger charge is 2.28. The van der Waals surface area contributed by atoms with Crippen LogP contribution in [-0.4, -0.2) is 37.7 Å². The molecule has 1 rings (SSSR count). The molecule has 1 unspecified atom stereocenters. The molecule has 1 aliphatic heterocycles. The van der Waals surface area contributed by atoms with Crippen LogP contribution in [-0.2, 0) is 10.2 Å². The summed E-state index contributed by atoms with van der Waals surface area (Å²) in [6.45, 7) is 2.33. The van der Waals surface area contributed by atoms with Crippen molar-refractivity contribution in [2.45, 2.75) is 32.2 Å². The fourth-order valence-electron chi connectivity index (χ4n) is 1.68. The van der Waals surface area contributed by atoms with Gasteiger partial charge < -0.3 is 5.73 Å². The second-order valence-electron chi connectivity index (χ2n) is 3.81. The molecular formula is C8H18N4O2S. The van der Waals surface area contributed by atoms with E-state index in [0.29, 0.717) is 6.54 Å². The first-order valence-electron chi connectivity index (χ1n) is 5.03. The van der Waals surface area contributed by atoms with Crippen molar-refractivity contribution in [1.82, 2.24) is 9.03 Å². The topological polar surface area (TPSA) is 99.3 Å². The Morgan fingerprint density at radius 1 is 1.60 bits per heavy atom. The van der Waals surface area contributed by atoms with Gasteiger partial charge in [-0.1, -0.05) is 6.42 Å². The molecule has 0 aromatic rings. The first-order valence-corrected chi connectivity index (χ1v) is 6.47. The van der Waals surface area contributed by atoms with Crippen LogP contribution in [0.3, 0.4) is 0 Å². The third-order valence-corrected chi connectivity index (χ3v) is 4.16. The van der Waals surface area contributed by atoms with Crippen LogP contribution in [0.25, 0.3) is 0 Å². The van der Waals surface area contributed by atoms with Gasteiger partial charge in [0.2, 0.25) is 0 Å². The molecule has 0 bridgehead atoms. The first-order chi connectivity index (χ1) is 6.93. The van der Waals surface area contributed by atoms with E-state index in [9.17, 15) is 8.42 Å². The first kappa shape index (κ1) is 12.4. The Kier molecular flexibility index (Phi) is 4.06. The number of nitrogens with one attached hydrogen (secondary N) is 2. The quantitative estimate of drug-likeness (QED) is 0.457. The van der Waals surface area contributed by atoms with E-state index in [-0.39, 0.29) is 18.4 Å². The van der Waals surface area contributed by atoms with Crippen molar-refractivity contribution >= 4 is 16.0 Å². The van der Waals surface area contributed by atoms with E-state index < -0.39 is 10.2 Å². The summed E-state index contributed by atoms with van der Waals surface area (Å²) < 4.78 is 27.3. The zero-order chi connectivity index (χ0) is 11.5. The lowest BCUT2D eigenvalue weighted by atomic mass is 10.1. The van der Waals surface area contributed by atoms with Crippen LogP contribution >= 0.6 is 0 Å². The molecule has 0 aromatic heterocycles. The molecule has 15 heavy (non-hydrogen) atoms. The number of amidine groups is 1. The molecule has 88 valence electrons. The van der Waals surface area contributed by atoms with Gasteiger partial charge in [0.15, 0.2) is 0 Å². The van der Waals surface area contributed by atoms with Gasteiger partial charge in [0.25, 0.3) is 10.2 Å². The maximum absolute atomic E-state index is 11.8. The summed E-state index contributed by atoms with van der Waals surface area (Å²) in [5.41, 5.74) is 5.10. The summed E-state index contributed by atoms with van der Waals surface area (Å²) in [7, 11) is -3.47. The molecule has 6 nitrogen and oxygen atoms in total. The van der Waals surface area contributed by atoms with E-state index in [0.717, 1.165) is 19.3 Å². The van der Waals surface area contributed by atoms with Crippen molar-refractivity contribution < 1.29 is 8.42 Å². The summed E-state index contributed by atoms with van der Waals surface area (Å²) in [6.07, 6.45) is 2.85. The fraction of sp³-hybridized carbons (Fsp3) is 0.875. The fourth-order valence-corrected chi connectivity index (χ4v) is 3.13. The predicted octanol–water partition coefficient (Wildman–Crippen LogP) is -0.369. The highest BCUT2D eigenvalue weighted by Crippen LogP contribution is 2.18. The van der Waals surface area contributed by atoms with Gasteiger partial charge in [-0.25, -0.2) is 0 Å². The van der Waals surface area contributed by atoms with E-state index in [1.54, 1.807) is 0 Å². The minimum absolute atomic E-state index is 0.0307. The van der Waals surface area contributed by atoms with Crippen LogP contribution in [0.5, 0.6) is 0 Å². The number of piperidine rings is 1. The molecule has 0 saturated carbocycles. The van der Waals surface area contributed by atoms with Crippen LogP contribution in [0.4, 0.5) is 0 Å². The van der Waals surface area contributed by atoms with Gasteiger partial charge in [0.05, 0.1) is 6.54 Å². The zero-order valence-corrected chi connectivity index (χ0v) is 9.68. The van der Waals surface area contributed by atoms with Crippen molar-refractivity contribution in [1.29, 1.82) is 5.41 Å². The molecular weight excluding hydrogens is 216 g/mol. The number of rotatable bonds is 4. The largest absolute Gasteiger partial charge is 0.387 e. The van der Waals surface area contributed by atoms with Crippen LogP contribution in [0.1, 0.15) is 26.2 Å². The van der Waals surface area contributed by atoms with Crippen LogP contribution in [0, 0.1) is 5.41 Å². The number of hydrogen-bond acceptors (Lipinski definition) is 3. The van der Waals surface area contributed by atoms with Crippen molar-refractivity contribution in [3.05, 3.63) is 0 Å². The van der Waals surface area contributed by atoms with Gasteiger partial charge >= 0.3 is 0 Å². The molecule has 0 spiro atoms. The third-order valence-electron chi connectivity index (χ3n) is 2.50. The Bertz CT molecular complexity index is 328. The monoisotopic (exact) mass is 234 g/mol. The van der Waals surface area contributed by atoms with Gasteiger partial charge in [0, 0.05) is 12.6 Å². The number of hydrogen-bond donors (Lipinski definition) is 3. The second-order valence-corrected chi connectivity index (χ2v) is 5.51. The summed E-state index contributed by atoms with van der Waals surface area (Å²) >= 11 is 0. The van der Waals surface area contributed by atoms with E-state index in [1.165, 1.54) is 4.31 Å². The number of nitrogens with two attached hydrogens (primary N) is 1. The third kappa shape index (κ3) is 3.44. The van der Waals surface area contributed by atoms with Crippen molar-refractivity contribution in [2.24, 2.45) is 5.73 Å². The standard InChI is InChI=1S/C8H18N4O2S/c1-7-4-2-3-5-12(7)15(13,14)11-6-8(9)10/h7,11H,2-6H2,1H3,(H3,9,10). The lowest BCUT2D eigenvalue weighted by Crippen LogP contribution is -2.49. The predicted molar refractivity (Wildman–Crippen MR) is 58.9 cm³/mol. The highest BCUT2D eigenvalue weighted by atomic mass is 32.2. The van der Waals surface area contributed by atoms with Crippen molar-refractivity contribution in [3.63, 3.8) is 0 Å². The molecule has 1 atom stereocenters. The maximum atomic E-state index is 11.8. The zero-order valence-electron chi connectivity index (χ0n) is 8.86. The average molecular weight is 234 g/mol. The van der Waals surface area contributed by atoms with Crippen molar-refractivity contribution in [2.75, 3.05) is 13.1 Å². The van der Waals surface area contributed by atoms with Crippen molar-refractivity contribution in [3.8, 4) is 0 Å². The number of nitrogens with zero attached hydrogens (tertiary/aromatic N) is 1. The van der Waals surface area contributed by atoms with E-state index in [2.05, 4.69) is 4.72 Å². The smallest absolute Gasteiger partial charge is 0.280 e. The Hall–Kier alpha value is -0.660. The molecule has 4 N–H and O–H groups in total. The van der Waals surface area contributed by atoms with Crippen LogP contribution < -0.4 is 10.5 Å². The van der Waals surface area contributed by atoms with Crippen LogP contribution in [0.15, 0.2) is 0 Å². The van der Waals surface area contributed by atoms with E-state index >= 15 is 0 Å². The Labute approximate surface area is 90.5 Å². The molecule has 1 saturated heterocycles. The summed E-state index contributed by atoms with van der Waals surface area (Å²) in [5.74, 6) is -0.178. The average Bonchev–Trinajstić information content (AvgIpc) is 2.15. The van der Waals surface area contributed by atoms with Gasteiger partial charge in [-0.15, -0.1) is 0 Å². The van der Waals surface area contributed by atoms with Gasteiger partial charge in [-0.05, 0) is 19.8 Å². The summed E-state index contributed by atoms with van der Waals surface area (Å²) in [6, 6.07) is 0.0307. The SMILES string of the molecule is CC1CCCCN1S(=O)(=O)NCC(=N)N. The molecule has 0 aromatic carbocycles. The van der Waals surface area contributed by atoms with Gasteiger partial charge in [0.1, 0.15) is 5.84 Å². The maximum Gasteiger partial charge on any atom is 0.280 e. The van der Waals surface area contributed by atoms with Gasteiger partial charge in [-0.3, -0.25) is 5.41 Å². The Balaban J connectivity index is 2.63. The molecule has 1 aliphatic rings. The molecule has 0 radical (unpaired) electrons. The molecule has 0 aliphatic carbocycles. The van der Waals surface area contributed by atoms with E-state index in [1.807, 2.05) is 6.92 Å². The van der Waals surface area contributed by atoms with Crippen LogP contribution in [0.2, 0.25) is 0 Å². The molecule has 1 heterocycles. The molecule has 7 heteroatoms. The molecule has 1 fully saturated rings. The Morgan fingerprint density at radius 2 is 2.27 bits per heavy atom. The molecule has 0 amide bonds. The highest BCUT2D eigenvalue weighted by molar-refractivity contribution is 7.87.